The van der Waals surface area contributed by atoms with Crippen LogP contribution in [0.25, 0.3) is 50.1 Å². The fourth-order valence-electron chi connectivity index (χ4n) is 4.50. The molecule has 0 spiro atoms. The van der Waals surface area contributed by atoms with E-state index in [0.717, 1.165) is 34.5 Å². The maximum atomic E-state index is 6.10. The molecular weight excluding hydrogens is 344 g/mol. The summed E-state index contributed by atoms with van der Waals surface area (Å²) in [5.74, 6) is 1.56. The van der Waals surface area contributed by atoms with E-state index in [0.29, 0.717) is 5.92 Å². The standard InChI is InChI=1S/C26H20O2/c1-15-7-9-24-20(11-15)21-13-17(8-10-25(21)27-24)18-12-16(2)26-22(14-18)19-5-3-4-6-23(19)28-26/h3-10,12-15H,11H2,1-2H3. The van der Waals surface area contributed by atoms with E-state index in [9.17, 15) is 0 Å². The normalized spacial score (nSPS) is 16.3. The number of para-hydroxylation sites is 1. The highest BCUT2D eigenvalue weighted by atomic mass is 16.3. The van der Waals surface area contributed by atoms with Gasteiger partial charge in [-0.2, -0.15) is 0 Å². The zero-order chi connectivity index (χ0) is 18.8. The van der Waals surface area contributed by atoms with E-state index in [1.807, 2.05) is 12.1 Å². The molecule has 3 aromatic carbocycles. The fraction of sp³-hybridized carbons (Fsp3) is 0.154. The molecule has 1 atom stereocenters. The maximum absolute atomic E-state index is 6.10. The Balaban J connectivity index is 1.58. The molecule has 0 fully saturated rings. The third-order valence-corrected chi connectivity index (χ3v) is 5.92. The lowest BCUT2D eigenvalue weighted by Crippen LogP contribution is -2.00. The largest absolute Gasteiger partial charge is 0.456 e. The van der Waals surface area contributed by atoms with Crippen molar-refractivity contribution in [1.29, 1.82) is 0 Å². The fourth-order valence-corrected chi connectivity index (χ4v) is 4.50. The molecule has 0 aliphatic heterocycles. The molecular formula is C26H20O2. The predicted octanol–water partition coefficient (Wildman–Crippen LogP) is 7.51. The van der Waals surface area contributed by atoms with Crippen molar-refractivity contribution in [2.75, 3.05) is 0 Å². The van der Waals surface area contributed by atoms with Crippen LogP contribution < -0.4 is 0 Å². The van der Waals surface area contributed by atoms with E-state index >= 15 is 0 Å². The summed E-state index contributed by atoms with van der Waals surface area (Å²) < 4.78 is 12.2. The summed E-state index contributed by atoms with van der Waals surface area (Å²) in [6, 6.07) is 19.3. The Bertz CT molecular complexity index is 1410. The number of furan rings is 2. The molecule has 0 saturated heterocycles. The molecule has 5 aromatic rings. The molecule has 2 aromatic heterocycles. The van der Waals surface area contributed by atoms with Crippen LogP contribution in [-0.4, -0.2) is 0 Å². The number of rotatable bonds is 1. The van der Waals surface area contributed by atoms with Crippen LogP contribution in [-0.2, 0) is 6.42 Å². The topological polar surface area (TPSA) is 26.3 Å². The third-order valence-electron chi connectivity index (χ3n) is 5.92. The van der Waals surface area contributed by atoms with Crippen molar-refractivity contribution in [3.05, 3.63) is 77.6 Å². The first-order valence-corrected chi connectivity index (χ1v) is 9.83. The summed E-state index contributed by atoms with van der Waals surface area (Å²) in [6.45, 7) is 4.38. The second-order valence-electron chi connectivity index (χ2n) is 7.96. The molecule has 0 bridgehead atoms. The van der Waals surface area contributed by atoms with Crippen LogP contribution in [0.4, 0.5) is 0 Å². The lowest BCUT2D eigenvalue weighted by molar-refractivity contribution is 0.584. The van der Waals surface area contributed by atoms with Crippen molar-refractivity contribution in [3.63, 3.8) is 0 Å². The van der Waals surface area contributed by atoms with E-state index < -0.39 is 0 Å². The van der Waals surface area contributed by atoms with Gasteiger partial charge in [0, 0.05) is 21.7 Å². The van der Waals surface area contributed by atoms with Crippen molar-refractivity contribution < 1.29 is 8.83 Å². The SMILES string of the molecule is Cc1cc(-c2ccc3oc4c(c3c2)CC(C)C=C4)cc2c1oc1ccccc12. The number of hydrogen-bond donors (Lipinski definition) is 0. The van der Waals surface area contributed by atoms with E-state index in [2.05, 4.69) is 68.5 Å². The van der Waals surface area contributed by atoms with Gasteiger partial charge in [0.05, 0.1) is 0 Å². The maximum Gasteiger partial charge on any atom is 0.138 e. The van der Waals surface area contributed by atoms with Crippen LogP contribution in [0.5, 0.6) is 0 Å². The summed E-state index contributed by atoms with van der Waals surface area (Å²) in [5.41, 5.74) is 7.82. The van der Waals surface area contributed by atoms with Gasteiger partial charge in [-0.3, -0.25) is 0 Å². The second-order valence-corrected chi connectivity index (χ2v) is 7.96. The van der Waals surface area contributed by atoms with Crippen molar-refractivity contribution in [2.45, 2.75) is 20.3 Å². The van der Waals surface area contributed by atoms with Gasteiger partial charge < -0.3 is 8.83 Å². The summed E-state index contributed by atoms with van der Waals surface area (Å²) in [7, 11) is 0. The van der Waals surface area contributed by atoms with Crippen LogP contribution in [0.1, 0.15) is 23.8 Å². The smallest absolute Gasteiger partial charge is 0.138 e. The van der Waals surface area contributed by atoms with Crippen LogP contribution in [0.2, 0.25) is 0 Å². The Morgan fingerprint density at radius 3 is 2.57 bits per heavy atom. The van der Waals surface area contributed by atoms with Crippen molar-refractivity contribution in [2.24, 2.45) is 5.92 Å². The number of allylic oxidation sites excluding steroid dienone is 1. The molecule has 2 heterocycles. The molecule has 0 N–H and O–H groups in total. The Morgan fingerprint density at radius 2 is 1.64 bits per heavy atom. The lowest BCUT2D eigenvalue weighted by Gasteiger charge is -2.11. The second kappa shape index (κ2) is 5.62. The average molecular weight is 364 g/mol. The third kappa shape index (κ3) is 2.21. The van der Waals surface area contributed by atoms with E-state index in [1.165, 1.54) is 32.8 Å². The molecule has 0 radical (unpaired) electrons. The Morgan fingerprint density at radius 1 is 0.821 bits per heavy atom. The number of aryl methyl sites for hydroxylation is 1. The highest BCUT2D eigenvalue weighted by molar-refractivity contribution is 6.07. The molecule has 0 amide bonds. The molecule has 136 valence electrons. The van der Waals surface area contributed by atoms with Gasteiger partial charge in [-0.15, -0.1) is 0 Å². The first-order chi connectivity index (χ1) is 13.7. The first-order valence-electron chi connectivity index (χ1n) is 9.83. The molecule has 2 nitrogen and oxygen atoms in total. The van der Waals surface area contributed by atoms with Crippen LogP contribution in [0, 0.1) is 12.8 Å². The zero-order valence-electron chi connectivity index (χ0n) is 16.0. The van der Waals surface area contributed by atoms with Gasteiger partial charge in [-0.25, -0.2) is 0 Å². The van der Waals surface area contributed by atoms with Crippen molar-refractivity contribution in [3.8, 4) is 11.1 Å². The molecule has 0 saturated carbocycles. The summed E-state index contributed by atoms with van der Waals surface area (Å²) in [6.07, 6.45) is 5.39. The van der Waals surface area contributed by atoms with Gasteiger partial charge in [0.1, 0.15) is 22.5 Å². The Labute approximate surface area is 163 Å². The minimum atomic E-state index is 0.549. The number of hydrogen-bond acceptors (Lipinski definition) is 2. The lowest BCUT2D eigenvalue weighted by atomic mass is 9.92. The quantitative estimate of drug-likeness (QED) is 0.307. The van der Waals surface area contributed by atoms with Crippen LogP contribution in [0.15, 0.2) is 69.5 Å². The summed E-state index contributed by atoms with van der Waals surface area (Å²) in [5, 5.41) is 3.58. The van der Waals surface area contributed by atoms with Gasteiger partial charge >= 0.3 is 0 Å². The van der Waals surface area contributed by atoms with Crippen molar-refractivity contribution >= 4 is 39.0 Å². The minimum absolute atomic E-state index is 0.549. The van der Waals surface area contributed by atoms with Gasteiger partial charge in [-0.05, 0) is 72.4 Å². The monoisotopic (exact) mass is 364 g/mol. The summed E-state index contributed by atoms with van der Waals surface area (Å²) in [4.78, 5) is 0. The molecule has 2 heteroatoms. The number of fused-ring (bicyclic) bond motifs is 6. The van der Waals surface area contributed by atoms with E-state index in [1.54, 1.807) is 0 Å². The van der Waals surface area contributed by atoms with Gasteiger partial charge in [-0.1, -0.05) is 37.3 Å². The van der Waals surface area contributed by atoms with Gasteiger partial charge in [0.2, 0.25) is 0 Å². The highest BCUT2D eigenvalue weighted by Crippen LogP contribution is 2.38. The highest BCUT2D eigenvalue weighted by Gasteiger charge is 2.19. The molecule has 6 rings (SSSR count). The number of benzene rings is 3. The Kier molecular flexibility index (Phi) is 3.16. The molecule has 1 aliphatic rings. The van der Waals surface area contributed by atoms with Crippen LogP contribution >= 0.6 is 0 Å². The molecule has 1 unspecified atom stereocenters. The van der Waals surface area contributed by atoms with Gasteiger partial charge in [0.15, 0.2) is 0 Å². The van der Waals surface area contributed by atoms with Crippen molar-refractivity contribution in [1.82, 2.24) is 0 Å². The first kappa shape index (κ1) is 15.8. The zero-order valence-corrected chi connectivity index (χ0v) is 16.0. The Hall–Kier alpha value is -3.26. The van der Waals surface area contributed by atoms with E-state index in [-0.39, 0.29) is 0 Å². The summed E-state index contributed by atoms with van der Waals surface area (Å²) >= 11 is 0. The van der Waals surface area contributed by atoms with Gasteiger partial charge in [0.25, 0.3) is 0 Å². The van der Waals surface area contributed by atoms with E-state index in [4.69, 9.17) is 8.83 Å². The molecule has 28 heavy (non-hydrogen) atoms. The predicted molar refractivity (Wildman–Crippen MR) is 116 cm³/mol. The minimum Gasteiger partial charge on any atom is -0.456 e. The van der Waals surface area contributed by atoms with Crippen LogP contribution in [0.3, 0.4) is 0 Å². The molecule has 1 aliphatic carbocycles. The average Bonchev–Trinajstić information content (AvgIpc) is 3.26.